The van der Waals surface area contributed by atoms with Crippen molar-refractivity contribution in [1.82, 2.24) is 5.32 Å². The van der Waals surface area contributed by atoms with Crippen LogP contribution in [0.25, 0.3) is 0 Å². The van der Waals surface area contributed by atoms with Crippen LogP contribution in [0.3, 0.4) is 0 Å². The van der Waals surface area contributed by atoms with Crippen molar-refractivity contribution >= 4 is 11.9 Å². The van der Waals surface area contributed by atoms with Gasteiger partial charge in [-0.3, -0.25) is 4.79 Å². The van der Waals surface area contributed by atoms with Crippen molar-refractivity contribution < 1.29 is 24.2 Å². The van der Waals surface area contributed by atoms with E-state index < -0.39 is 23.5 Å². The third kappa shape index (κ3) is 3.72. The molecule has 7 heteroatoms. The summed E-state index contributed by atoms with van der Waals surface area (Å²) in [5.74, 6) is -1.93. The zero-order valence-electron chi connectivity index (χ0n) is 8.75. The summed E-state index contributed by atoms with van der Waals surface area (Å²) in [6, 6.07) is 1.09. The molecular weight excluding hydrogens is 230 g/mol. The molecule has 1 aromatic heterocycles. The topological polar surface area (TPSA) is 117 Å². The highest BCUT2D eigenvalue weighted by molar-refractivity contribution is 5.96. The molecule has 7 nitrogen and oxygen atoms in total. The van der Waals surface area contributed by atoms with Crippen molar-refractivity contribution in [2.75, 3.05) is 6.61 Å². The van der Waals surface area contributed by atoms with Crippen LogP contribution in [-0.2, 0) is 4.79 Å². The largest absolute Gasteiger partial charge is 0.480 e. The fourth-order valence-corrected chi connectivity index (χ4v) is 1.12. The standard InChI is InChI=1S/C10H11NO6/c12-4-3-7(10(15)16)11-9(14)6-1-2-8(13)17-5-6/h1-2,5,7,12H,3-4H2,(H,11,14)(H,15,16)/t7-/m0/s1. The molecule has 92 valence electrons. The Kier molecular flexibility index (Phi) is 4.41. The normalized spacial score (nSPS) is 11.8. The van der Waals surface area contributed by atoms with E-state index in [0.717, 1.165) is 12.3 Å². The van der Waals surface area contributed by atoms with E-state index in [2.05, 4.69) is 9.73 Å². The van der Waals surface area contributed by atoms with Crippen LogP contribution in [0.2, 0.25) is 0 Å². The number of aliphatic carboxylic acids is 1. The van der Waals surface area contributed by atoms with E-state index in [1.54, 1.807) is 0 Å². The van der Waals surface area contributed by atoms with E-state index >= 15 is 0 Å². The number of rotatable bonds is 5. The number of amides is 1. The first-order chi connectivity index (χ1) is 8.04. The first kappa shape index (κ1) is 12.9. The first-order valence-corrected chi connectivity index (χ1v) is 4.78. The lowest BCUT2D eigenvalue weighted by Gasteiger charge is -2.12. The Hall–Kier alpha value is -2.15. The predicted octanol–water partition coefficient (Wildman–Crippen LogP) is -0.795. The lowest BCUT2D eigenvalue weighted by Crippen LogP contribution is -2.41. The second-order valence-corrected chi connectivity index (χ2v) is 3.22. The maximum absolute atomic E-state index is 11.5. The van der Waals surface area contributed by atoms with E-state index in [0.29, 0.717) is 0 Å². The zero-order valence-corrected chi connectivity index (χ0v) is 8.75. The minimum absolute atomic E-state index is 0.0359. The molecule has 0 aliphatic heterocycles. The molecule has 0 bridgehead atoms. The van der Waals surface area contributed by atoms with Gasteiger partial charge in [0.25, 0.3) is 5.91 Å². The van der Waals surface area contributed by atoms with E-state index in [1.165, 1.54) is 6.07 Å². The molecule has 0 spiro atoms. The Labute approximate surface area is 95.7 Å². The van der Waals surface area contributed by atoms with Gasteiger partial charge in [-0.2, -0.15) is 0 Å². The first-order valence-electron chi connectivity index (χ1n) is 4.78. The zero-order chi connectivity index (χ0) is 12.8. The second-order valence-electron chi connectivity index (χ2n) is 3.22. The lowest BCUT2D eigenvalue weighted by molar-refractivity contribution is -0.139. The van der Waals surface area contributed by atoms with Gasteiger partial charge < -0.3 is 19.9 Å². The van der Waals surface area contributed by atoms with Gasteiger partial charge in [0.1, 0.15) is 12.3 Å². The summed E-state index contributed by atoms with van der Waals surface area (Å²) in [4.78, 5) is 32.9. The number of aliphatic hydroxyl groups is 1. The molecule has 1 amide bonds. The van der Waals surface area contributed by atoms with Crippen LogP contribution >= 0.6 is 0 Å². The fourth-order valence-electron chi connectivity index (χ4n) is 1.12. The Bertz CT molecular complexity index is 446. The number of hydrogen-bond acceptors (Lipinski definition) is 5. The Morgan fingerprint density at radius 1 is 1.41 bits per heavy atom. The molecule has 1 atom stereocenters. The third-order valence-electron chi connectivity index (χ3n) is 1.98. The highest BCUT2D eigenvalue weighted by Crippen LogP contribution is 1.98. The van der Waals surface area contributed by atoms with Gasteiger partial charge in [-0.1, -0.05) is 0 Å². The van der Waals surface area contributed by atoms with E-state index in [1.807, 2.05) is 0 Å². The molecule has 1 aromatic rings. The Morgan fingerprint density at radius 2 is 2.12 bits per heavy atom. The van der Waals surface area contributed by atoms with Crippen molar-refractivity contribution in [3.05, 3.63) is 34.4 Å². The molecule has 0 aromatic carbocycles. The molecule has 0 radical (unpaired) electrons. The molecule has 0 unspecified atom stereocenters. The van der Waals surface area contributed by atoms with Gasteiger partial charge in [-0.05, 0) is 6.07 Å². The van der Waals surface area contributed by atoms with Crippen LogP contribution in [0.1, 0.15) is 16.8 Å². The summed E-state index contributed by atoms with van der Waals surface area (Å²) >= 11 is 0. The van der Waals surface area contributed by atoms with Crippen LogP contribution in [0, 0.1) is 0 Å². The average Bonchev–Trinajstić information content (AvgIpc) is 2.29. The van der Waals surface area contributed by atoms with Gasteiger partial charge in [0, 0.05) is 19.1 Å². The smallest absolute Gasteiger partial charge is 0.335 e. The maximum Gasteiger partial charge on any atom is 0.335 e. The molecule has 1 rings (SSSR count). The van der Waals surface area contributed by atoms with E-state index in [4.69, 9.17) is 10.2 Å². The monoisotopic (exact) mass is 241 g/mol. The molecule has 0 saturated carbocycles. The van der Waals surface area contributed by atoms with Gasteiger partial charge in [0.05, 0.1) is 5.56 Å². The Morgan fingerprint density at radius 3 is 2.59 bits per heavy atom. The van der Waals surface area contributed by atoms with Crippen molar-refractivity contribution in [3.8, 4) is 0 Å². The summed E-state index contributed by atoms with van der Waals surface area (Å²) in [5, 5.41) is 19.6. The van der Waals surface area contributed by atoms with Crippen LogP contribution in [0.4, 0.5) is 0 Å². The molecule has 0 aliphatic rings. The number of hydrogen-bond donors (Lipinski definition) is 3. The van der Waals surface area contributed by atoms with Crippen LogP contribution in [0.15, 0.2) is 27.6 Å². The van der Waals surface area contributed by atoms with Crippen molar-refractivity contribution in [2.24, 2.45) is 0 Å². The minimum atomic E-state index is -1.25. The second kappa shape index (κ2) is 5.80. The van der Waals surface area contributed by atoms with Gasteiger partial charge in [0.2, 0.25) is 0 Å². The summed E-state index contributed by atoms with van der Waals surface area (Å²) in [6.45, 7) is -0.360. The molecule has 0 saturated heterocycles. The quantitative estimate of drug-likeness (QED) is 0.621. The van der Waals surface area contributed by atoms with Gasteiger partial charge >= 0.3 is 11.6 Å². The highest BCUT2D eigenvalue weighted by atomic mass is 16.4. The minimum Gasteiger partial charge on any atom is -0.480 e. The number of carboxylic acids is 1. The van der Waals surface area contributed by atoms with Crippen molar-refractivity contribution in [1.29, 1.82) is 0 Å². The molecule has 1 heterocycles. The summed E-state index contributed by atoms with van der Waals surface area (Å²) < 4.78 is 4.47. The molecule has 17 heavy (non-hydrogen) atoms. The third-order valence-corrected chi connectivity index (χ3v) is 1.98. The highest BCUT2D eigenvalue weighted by Gasteiger charge is 2.20. The molecular formula is C10H11NO6. The fraction of sp³-hybridized carbons (Fsp3) is 0.300. The van der Waals surface area contributed by atoms with Gasteiger partial charge in [-0.25, -0.2) is 9.59 Å². The number of carboxylic acid groups (broad SMARTS) is 1. The summed E-state index contributed by atoms with van der Waals surface area (Å²) in [7, 11) is 0. The van der Waals surface area contributed by atoms with Gasteiger partial charge in [-0.15, -0.1) is 0 Å². The van der Waals surface area contributed by atoms with E-state index in [9.17, 15) is 14.4 Å². The number of carbonyl (C=O) groups is 2. The summed E-state index contributed by atoms with van der Waals surface area (Å²) in [5.41, 5.74) is -0.569. The number of nitrogens with one attached hydrogen (secondary N) is 1. The van der Waals surface area contributed by atoms with Crippen LogP contribution < -0.4 is 10.9 Å². The molecule has 0 aliphatic carbocycles. The molecule has 3 N–H and O–H groups in total. The predicted molar refractivity (Wildman–Crippen MR) is 55.6 cm³/mol. The molecule has 0 fully saturated rings. The van der Waals surface area contributed by atoms with Gasteiger partial charge in [0.15, 0.2) is 0 Å². The van der Waals surface area contributed by atoms with E-state index in [-0.39, 0.29) is 18.6 Å². The summed E-state index contributed by atoms with van der Waals surface area (Å²) in [6.07, 6.45) is 0.841. The number of carbonyl (C=O) groups excluding carboxylic acids is 1. The van der Waals surface area contributed by atoms with Crippen molar-refractivity contribution in [3.63, 3.8) is 0 Å². The van der Waals surface area contributed by atoms with Crippen LogP contribution in [-0.4, -0.2) is 34.7 Å². The lowest BCUT2D eigenvalue weighted by atomic mass is 10.2. The number of aliphatic hydroxyl groups excluding tert-OH is 1. The average molecular weight is 241 g/mol. The Balaban J connectivity index is 2.73. The van der Waals surface area contributed by atoms with Crippen LogP contribution in [0.5, 0.6) is 0 Å². The SMILES string of the molecule is O=C(N[C@@H](CCO)C(=O)O)c1ccc(=O)oc1. The maximum atomic E-state index is 11.5. The van der Waals surface area contributed by atoms with Crippen molar-refractivity contribution in [2.45, 2.75) is 12.5 Å².